The van der Waals surface area contributed by atoms with E-state index in [1.54, 1.807) is 0 Å². The van der Waals surface area contributed by atoms with Crippen molar-refractivity contribution in [3.63, 3.8) is 0 Å². The highest BCUT2D eigenvalue weighted by Crippen LogP contribution is 2.21. The summed E-state index contributed by atoms with van der Waals surface area (Å²) in [5.74, 6) is 0.923. The minimum absolute atomic E-state index is 0.923. The van der Waals surface area contributed by atoms with Crippen molar-refractivity contribution in [3.05, 3.63) is 0 Å². The van der Waals surface area contributed by atoms with Crippen LogP contribution in [0.1, 0.15) is 33.1 Å². The normalized spacial score (nSPS) is 12.5. The third kappa shape index (κ3) is 4.94. The summed E-state index contributed by atoms with van der Waals surface area (Å²) >= 11 is 0. The number of hydrogen-bond acceptors (Lipinski definition) is 1. The summed E-state index contributed by atoms with van der Waals surface area (Å²) in [4.78, 5) is 0. The Balaban J connectivity index is 3.65. The van der Waals surface area contributed by atoms with E-state index in [4.69, 9.17) is 4.43 Å². The standard InChI is InChI=1S/C10H24OSi/c1-6-10(7-2)8-9-12(4,5)11-3/h10H,6-9H2,1-5H3. The van der Waals surface area contributed by atoms with Crippen LogP contribution in [-0.4, -0.2) is 15.4 Å². The Bertz CT molecular complexity index is 108. The van der Waals surface area contributed by atoms with Gasteiger partial charge in [-0.25, -0.2) is 0 Å². The molecule has 0 aromatic carbocycles. The topological polar surface area (TPSA) is 9.23 Å². The molecule has 0 rings (SSSR count). The van der Waals surface area contributed by atoms with Gasteiger partial charge in [0.1, 0.15) is 0 Å². The van der Waals surface area contributed by atoms with E-state index in [1.807, 2.05) is 7.11 Å². The zero-order valence-corrected chi connectivity index (χ0v) is 10.3. The highest BCUT2D eigenvalue weighted by Gasteiger charge is 2.21. The number of rotatable bonds is 6. The van der Waals surface area contributed by atoms with Crippen molar-refractivity contribution in [2.45, 2.75) is 52.2 Å². The van der Waals surface area contributed by atoms with Crippen LogP contribution in [0.15, 0.2) is 0 Å². The Kier molecular flexibility index (Phi) is 5.84. The first-order valence-corrected chi connectivity index (χ1v) is 8.22. The van der Waals surface area contributed by atoms with Gasteiger partial charge in [0, 0.05) is 7.11 Å². The minimum Gasteiger partial charge on any atom is -0.420 e. The van der Waals surface area contributed by atoms with E-state index in [1.165, 1.54) is 25.3 Å². The molecule has 1 nitrogen and oxygen atoms in total. The molecule has 0 aromatic rings. The third-order valence-electron chi connectivity index (χ3n) is 2.86. The first-order chi connectivity index (χ1) is 5.55. The van der Waals surface area contributed by atoms with Gasteiger partial charge >= 0.3 is 0 Å². The predicted molar refractivity (Wildman–Crippen MR) is 58.0 cm³/mol. The lowest BCUT2D eigenvalue weighted by molar-refractivity contribution is 0.390. The fourth-order valence-electron chi connectivity index (χ4n) is 1.35. The summed E-state index contributed by atoms with van der Waals surface area (Å²) in [7, 11) is 0.588. The van der Waals surface area contributed by atoms with Crippen LogP contribution < -0.4 is 0 Å². The second-order valence-electron chi connectivity index (χ2n) is 4.19. The van der Waals surface area contributed by atoms with Crippen LogP contribution >= 0.6 is 0 Å². The Hall–Kier alpha value is 0.177. The molecule has 0 saturated carbocycles. The fourth-order valence-corrected chi connectivity index (χ4v) is 2.66. The molecule has 0 spiro atoms. The molecule has 0 radical (unpaired) electrons. The second-order valence-corrected chi connectivity index (χ2v) is 8.61. The van der Waals surface area contributed by atoms with Crippen molar-refractivity contribution < 1.29 is 4.43 Å². The average molecular weight is 188 g/mol. The van der Waals surface area contributed by atoms with Gasteiger partial charge in [0.2, 0.25) is 0 Å². The van der Waals surface area contributed by atoms with Gasteiger partial charge in [-0.15, -0.1) is 0 Å². The van der Waals surface area contributed by atoms with E-state index in [0.717, 1.165) is 5.92 Å². The van der Waals surface area contributed by atoms with Crippen molar-refractivity contribution in [2.24, 2.45) is 5.92 Å². The van der Waals surface area contributed by atoms with Gasteiger partial charge in [-0.2, -0.15) is 0 Å². The summed E-state index contributed by atoms with van der Waals surface area (Å²) in [6.45, 7) is 9.18. The zero-order chi connectivity index (χ0) is 9.61. The van der Waals surface area contributed by atoms with Crippen LogP contribution in [0.3, 0.4) is 0 Å². The lowest BCUT2D eigenvalue weighted by Gasteiger charge is -2.22. The first-order valence-electron chi connectivity index (χ1n) is 5.10. The van der Waals surface area contributed by atoms with Crippen molar-refractivity contribution in [3.8, 4) is 0 Å². The summed E-state index contributed by atoms with van der Waals surface area (Å²) < 4.78 is 5.52. The average Bonchev–Trinajstić information content (AvgIpc) is 2.06. The van der Waals surface area contributed by atoms with Crippen molar-refractivity contribution in [1.29, 1.82) is 0 Å². The van der Waals surface area contributed by atoms with Gasteiger partial charge in [-0.05, 0) is 25.1 Å². The Morgan fingerprint density at radius 3 is 2.00 bits per heavy atom. The van der Waals surface area contributed by atoms with E-state index < -0.39 is 8.32 Å². The molecule has 0 saturated heterocycles. The quantitative estimate of drug-likeness (QED) is 0.578. The van der Waals surface area contributed by atoms with Gasteiger partial charge in [0.15, 0.2) is 8.32 Å². The summed E-state index contributed by atoms with van der Waals surface area (Å²) in [6, 6.07) is 1.32. The molecule has 0 bridgehead atoms. The molecular formula is C10H24OSi. The molecule has 0 amide bonds. The monoisotopic (exact) mass is 188 g/mol. The first kappa shape index (κ1) is 12.2. The predicted octanol–water partition coefficient (Wildman–Crippen LogP) is 3.66. The molecule has 2 heteroatoms. The van der Waals surface area contributed by atoms with Gasteiger partial charge in [-0.1, -0.05) is 33.1 Å². The smallest absolute Gasteiger partial charge is 0.186 e. The second kappa shape index (κ2) is 5.76. The van der Waals surface area contributed by atoms with Crippen molar-refractivity contribution in [2.75, 3.05) is 7.11 Å². The molecule has 12 heavy (non-hydrogen) atoms. The largest absolute Gasteiger partial charge is 0.420 e. The van der Waals surface area contributed by atoms with Crippen LogP contribution in [0.2, 0.25) is 19.1 Å². The molecule has 0 unspecified atom stereocenters. The zero-order valence-electron chi connectivity index (χ0n) is 9.31. The summed E-state index contributed by atoms with van der Waals surface area (Å²) in [5, 5.41) is 0. The van der Waals surface area contributed by atoms with Gasteiger partial charge < -0.3 is 4.43 Å². The Morgan fingerprint density at radius 1 is 1.17 bits per heavy atom. The molecule has 0 heterocycles. The van der Waals surface area contributed by atoms with Crippen LogP contribution in [-0.2, 0) is 4.43 Å². The van der Waals surface area contributed by atoms with Crippen LogP contribution in [0.4, 0.5) is 0 Å². The molecule has 0 atom stereocenters. The van der Waals surface area contributed by atoms with E-state index in [-0.39, 0.29) is 0 Å². The van der Waals surface area contributed by atoms with Crippen LogP contribution in [0.25, 0.3) is 0 Å². The Labute approximate surface area is 78.6 Å². The minimum atomic E-state index is -1.27. The Morgan fingerprint density at radius 2 is 1.67 bits per heavy atom. The molecule has 74 valence electrons. The highest BCUT2D eigenvalue weighted by molar-refractivity contribution is 6.71. The SMILES string of the molecule is CCC(CC)CC[Si](C)(C)OC. The van der Waals surface area contributed by atoms with E-state index in [9.17, 15) is 0 Å². The van der Waals surface area contributed by atoms with Gasteiger partial charge in [0.25, 0.3) is 0 Å². The maximum Gasteiger partial charge on any atom is 0.186 e. The fraction of sp³-hybridized carbons (Fsp3) is 1.00. The molecular weight excluding hydrogens is 164 g/mol. The molecule has 0 N–H and O–H groups in total. The van der Waals surface area contributed by atoms with E-state index in [0.29, 0.717) is 0 Å². The van der Waals surface area contributed by atoms with Gasteiger partial charge in [0.05, 0.1) is 0 Å². The highest BCUT2D eigenvalue weighted by atomic mass is 28.4. The van der Waals surface area contributed by atoms with Crippen molar-refractivity contribution >= 4 is 8.32 Å². The molecule has 0 fully saturated rings. The lowest BCUT2D eigenvalue weighted by Crippen LogP contribution is -2.28. The number of hydrogen-bond donors (Lipinski definition) is 0. The lowest BCUT2D eigenvalue weighted by atomic mass is 10.0. The maximum atomic E-state index is 5.52. The van der Waals surface area contributed by atoms with E-state index >= 15 is 0 Å². The molecule has 0 aliphatic carbocycles. The van der Waals surface area contributed by atoms with Crippen molar-refractivity contribution in [1.82, 2.24) is 0 Å². The summed E-state index contributed by atoms with van der Waals surface area (Å²) in [5.41, 5.74) is 0. The maximum absolute atomic E-state index is 5.52. The molecule has 0 aromatic heterocycles. The third-order valence-corrected chi connectivity index (χ3v) is 5.46. The van der Waals surface area contributed by atoms with Crippen LogP contribution in [0.5, 0.6) is 0 Å². The summed E-state index contributed by atoms with van der Waals surface area (Å²) in [6.07, 6.45) is 4.01. The molecule has 0 aliphatic rings. The van der Waals surface area contributed by atoms with E-state index in [2.05, 4.69) is 26.9 Å². The van der Waals surface area contributed by atoms with Gasteiger partial charge in [-0.3, -0.25) is 0 Å². The molecule has 0 aliphatic heterocycles. The van der Waals surface area contributed by atoms with Crippen LogP contribution in [0, 0.1) is 5.92 Å².